The highest BCUT2D eigenvalue weighted by Crippen LogP contribution is 2.16. The van der Waals surface area contributed by atoms with Gasteiger partial charge in [-0.2, -0.15) is 0 Å². The Kier molecular flexibility index (Phi) is 5.74. The summed E-state index contributed by atoms with van der Waals surface area (Å²) in [5.41, 5.74) is 0.640. The van der Waals surface area contributed by atoms with Gasteiger partial charge in [-0.05, 0) is 37.1 Å². The van der Waals surface area contributed by atoms with Gasteiger partial charge in [0.15, 0.2) is 0 Å². The molecule has 0 N–H and O–H groups in total. The molecule has 6 nitrogen and oxygen atoms in total. The van der Waals surface area contributed by atoms with E-state index in [1.54, 1.807) is 36.9 Å². The second-order valence-corrected chi connectivity index (χ2v) is 5.64. The van der Waals surface area contributed by atoms with Gasteiger partial charge < -0.3 is 14.4 Å². The Bertz CT molecular complexity index is 628. The Labute approximate surface area is 141 Å². The predicted octanol–water partition coefficient (Wildman–Crippen LogP) is 2.18. The van der Waals surface area contributed by atoms with Crippen LogP contribution in [-0.2, 0) is 4.74 Å². The maximum absolute atomic E-state index is 12.3. The van der Waals surface area contributed by atoms with Gasteiger partial charge in [0, 0.05) is 31.7 Å². The van der Waals surface area contributed by atoms with Crippen LogP contribution in [0.2, 0.25) is 0 Å². The topological polar surface area (TPSA) is 64.6 Å². The fourth-order valence-electron chi connectivity index (χ4n) is 2.70. The summed E-state index contributed by atoms with van der Waals surface area (Å²) < 4.78 is 11.4. The van der Waals surface area contributed by atoms with Gasteiger partial charge in [0.1, 0.15) is 12.4 Å². The number of rotatable bonds is 6. The maximum Gasteiger partial charge on any atom is 0.255 e. The smallest absolute Gasteiger partial charge is 0.255 e. The molecule has 3 rings (SSSR count). The molecule has 1 aliphatic rings. The zero-order chi connectivity index (χ0) is 16.6. The van der Waals surface area contributed by atoms with Crippen LogP contribution in [0.15, 0.2) is 49.1 Å². The lowest BCUT2D eigenvalue weighted by molar-refractivity contribution is -0.00242. The number of ether oxygens (including phenoxy) is 2. The molecule has 1 fully saturated rings. The summed E-state index contributed by atoms with van der Waals surface area (Å²) in [6, 6.07) is 7.29. The van der Waals surface area contributed by atoms with E-state index >= 15 is 0 Å². The van der Waals surface area contributed by atoms with Gasteiger partial charge in [-0.15, -0.1) is 0 Å². The van der Waals surface area contributed by atoms with Crippen LogP contribution < -0.4 is 4.74 Å². The fraction of sp³-hybridized carbons (Fsp3) is 0.389. The van der Waals surface area contributed by atoms with Crippen molar-refractivity contribution in [3.05, 3.63) is 54.6 Å². The minimum atomic E-state index is 0.0430. The number of hydrogen-bond donors (Lipinski definition) is 0. The predicted molar refractivity (Wildman–Crippen MR) is 88.8 cm³/mol. The van der Waals surface area contributed by atoms with Crippen molar-refractivity contribution >= 4 is 5.91 Å². The molecule has 2 aromatic heterocycles. The summed E-state index contributed by atoms with van der Waals surface area (Å²) in [7, 11) is 0. The lowest BCUT2D eigenvalue weighted by Crippen LogP contribution is -2.41. The first-order valence-corrected chi connectivity index (χ1v) is 8.16. The van der Waals surface area contributed by atoms with Crippen molar-refractivity contribution in [1.82, 2.24) is 14.9 Å². The largest absolute Gasteiger partial charge is 0.490 e. The first-order valence-electron chi connectivity index (χ1n) is 8.16. The Morgan fingerprint density at radius 2 is 1.83 bits per heavy atom. The molecule has 0 radical (unpaired) electrons. The molecular weight excluding hydrogens is 306 g/mol. The van der Waals surface area contributed by atoms with Crippen LogP contribution in [0.4, 0.5) is 0 Å². The highest BCUT2D eigenvalue weighted by Gasteiger charge is 2.24. The van der Waals surface area contributed by atoms with Crippen molar-refractivity contribution in [1.29, 1.82) is 0 Å². The molecule has 0 atom stereocenters. The average molecular weight is 327 g/mol. The molecule has 1 amide bonds. The van der Waals surface area contributed by atoms with Crippen molar-refractivity contribution < 1.29 is 14.3 Å². The third-order valence-corrected chi connectivity index (χ3v) is 3.98. The van der Waals surface area contributed by atoms with Gasteiger partial charge in [-0.25, -0.2) is 0 Å². The van der Waals surface area contributed by atoms with E-state index in [1.165, 1.54) is 0 Å². The van der Waals surface area contributed by atoms with Gasteiger partial charge in [0.05, 0.1) is 24.5 Å². The summed E-state index contributed by atoms with van der Waals surface area (Å²) in [6.07, 6.45) is 8.55. The normalized spacial score (nSPS) is 15.2. The first-order chi connectivity index (χ1) is 11.8. The van der Waals surface area contributed by atoms with E-state index in [0.29, 0.717) is 31.9 Å². The Morgan fingerprint density at radius 3 is 2.50 bits per heavy atom. The second kappa shape index (κ2) is 8.40. The molecule has 0 unspecified atom stereocenters. The van der Waals surface area contributed by atoms with E-state index in [1.807, 2.05) is 17.0 Å². The molecule has 0 aromatic carbocycles. The molecular formula is C18H21N3O3. The van der Waals surface area contributed by atoms with Crippen LogP contribution in [0.5, 0.6) is 5.75 Å². The van der Waals surface area contributed by atoms with Gasteiger partial charge in [-0.1, -0.05) is 0 Å². The highest BCUT2D eigenvalue weighted by atomic mass is 16.5. The highest BCUT2D eigenvalue weighted by molar-refractivity contribution is 5.93. The van der Waals surface area contributed by atoms with Crippen molar-refractivity contribution in [2.45, 2.75) is 18.9 Å². The molecule has 24 heavy (non-hydrogen) atoms. The van der Waals surface area contributed by atoms with E-state index in [2.05, 4.69) is 9.97 Å². The summed E-state index contributed by atoms with van der Waals surface area (Å²) in [5.74, 6) is 0.791. The summed E-state index contributed by atoms with van der Waals surface area (Å²) in [6.45, 7) is 2.46. The van der Waals surface area contributed by atoms with Crippen molar-refractivity contribution in [3.8, 4) is 5.75 Å². The quantitative estimate of drug-likeness (QED) is 0.761. The monoisotopic (exact) mass is 327 g/mol. The molecule has 0 bridgehead atoms. The second-order valence-electron chi connectivity index (χ2n) is 5.64. The molecule has 1 saturated heterocycles. The van der Waals surface area contributed by atoms with Gasteiger partial charge in [0.25, 0.3) is 5.91 Å². The van der Waals surface area contributed by atoms with E-state index in [9.17, 15) is 4.79 Å². The summed E-state index contributed by atoms with van der Waals surface area (Å²) in [4.78, 5) is 22.2. The van der Waals surface area contributed by atoms with Crippen LogP contribution in [0.1, 0.15) is 23.2 Å². The molecule has 6 heteroatoms. The van der Waals surface area contributed by atoms with Crippen molar-refractivity contribution in [2.75, 3.05) is 26.3 Å². The van der Waals surface area contributed by atoms with Crippen molar-refractivity contribution in [2.24, 2.45) is 0 Å². The lowest BCUT2D eigenvalue weighted by atomic mass is 10.1. The average Bonchev–Trinajstić information content (AvgIpc) is 2.67. The van der Waals surface area contributed by atoms with Crippen LogP contribution in [-0.4, -0.2) is 53.2 Å². The first kappa shape index (κ1) is 16.4. The molecule has 1 aliphatic heterocycles. The third kappa shape index (κ3) is 4.52. The van der Waals surface area contributed by atoms with Crippen molar-refractivity contribution in [3.63, 3.8) is 0 Å². The minimum absolute atomic E-state index is 0.0430. The summed E-state index contributed by atoms with van der Waals surface area (Å²) in [5, 5.41) is 0. The molecule has 2 aromatic rings. The zero-order valence-electron chi connectivity index (χ0n) is 13.5. The minimum Gasteiger partial charge on any atom is -0.490 e. The zero-order valence-corrected chi connectivity index (χ0v) is 13.5. The third-order valence-electron chi connectivity index (χ3n) is 3.98. The number of aromatic nitrogens is 2. The fourth-order valence-corrected chi connectivity index (χ4v) is 2.70. The molecule has 3 heterocycles. The molecule has 126 valence electrons. The molecule has 0 aliphatic carbocycles. The Morgan fingerprint density at radius 1 is 1.08 bits per heavy atom. The molecule has 0 spiro atoms. The van der Waals surface area contributed by atoms with E-state index in [4.69, 9.17) is 9.47 Å². The number of nitrogens with zero attached hydrogens (tertiary/aromatic N) is 3. The lowest BCUT2D eigenvalue weighted by Gasteiger charge is -2.32. The molecule has 0 saturated carbocycles. The SMILES string of the molecule is O=C(c1cccnc1)N1CCC(OCCOc2cccnc2)CC1. The van der Waals surface area contributed by atoms with Crippen LogP contribution in [0.3, 0.4) is 0 Å². The Hall–Kier alpha value is -2.47. The van der Waals surface area contributed by atoms with Gasteiger partial charge in [0.2, 0.25) is 0 Å². The number of carbonyl (C=O) groups excluding carboxylic acids is 1. The van der Waals surface area contributed by atoms with Gasteiger partial charge >= 0.3 is 0 Å². The maximum atomic E-state index is 12.3. The van der Waals surface area contributed by atoms with E-state index in [-0.39, 0.29) is 12.0 Å². The number of likely N-dealkylation sites (tertiary alicyclic amines) is 1. The number of carbonyl (C=O) groups is 1. The number of piperidine rings is 1. The number of amides is 1. The van der Waals surface area contributed by atoms with E-state index in [0.717, 1.165) is 18.6 Å². The standard InChI is InChI=1S/C18H21N3O3/c22-18(15-3-1-7-19-13-15)21-9-5-16(6-10-21)23-11-12-24-17-4-2-8-20-14-17/h1-4,7-8,13-14,16H,5-6,9-12H2. The Balaban J connectivity index is 1.36. The van der Waals surface area contributed by atoms with E-state index < -0.39 is 0 Å². The van der Waals surface area contributed by atoms with Crippen LogP contribution in [0, 0.1) is 0 Å². The van der Waals surface area contributed by atoms with Gasteiger partial charge in [-0.3, -0.25) is 14.8 Å². The number of hydrogen-bond acceptors (Lipinski definition) is 5. The van der Waals surface area contributed by atoms with Crippen LogP contribution in [0.25, 0.3) is 0 Å². The van der Waals surface area contributed by atoms with Crippen LogP contribution >= 0.6 is 0 Å². The number of pyridine rings is 2. The summed E-state index contributed by atoms with van der Waals surface area (Å²) >= 11 is 0.